The molecule has 0 bridgehead atoms. The summed E-state index contributed by atoms with van der Waals surface area (Å²) in [5, 5.41) is 0.631. The van der Waals surface area contributed by atoms with E-state index in [0.29, 0.717) is 11.8 Å². The van der Waals surface area contributed by atoms with Crippen LogP contribution in [0.15, 0.2) is 0 Å². The van der Waals surface area contributed by atoms with Gasteiger partial charge in [0.15, 0.2) is 0 Å². The summed E-state index contributed by atoms with van der Waals surface area (Å²) >= 11 is 0. The Bertz CT molecular complexity index is 134. The van der Waals surface area contributed by atoms with Crippen molar-refractivity contribution < 1.29 is 4.21 Å². The first kappa shape index (κ1) is 12.1. The standard InChI is InChI=1S/C9H21NOS/c1-4-9(5-2)12(11)8(3)6-7-10/h8-9H,4-7,10H2,1-3H3. The second-order valence-corrected chi connectivity index (χ2v) is 5.28. The minimum absolute atomic E-state index is 0.264. The van der Waals surface area contributed by atoms with E-state index in [2.05, 4.69) is 13.8 Å². The molecule has 3 heteroatoms. The normalized spacial score (nSPS) is 16.4. The van der Waals surface area contributed by atoms with Gasteiger partial charge in [-0.15, -0.1) is 0 Å². The van der Waals surface area contributed by atoms with Gasteiger partial charge in [0.2, 0.25) is 0 Å². The smallest absolute Gasteiger partial charge is 0.0345 e. The van der Waals surface area contributed by atoms with Crippen LogP contribution in [0.4, 0.5) is 0 Å². The highest BCUT2D eigenvalue weighted by atomic mass is 32.2. The summed E-state index contributed by atoms with van der Waals surface area (Å²) in [5.41, 5.74) is 5.42. The predicted octanol–water partition coefficient (Wildman–Crippen LogP) is 1.66. The first-order chi connectivity index (χ1) is 5.67. The van der Waals surface area contributed by atoms with Gasteiger partial charge in [-0.05, 0) is 25.8 Å². The SMILES string of the molecule is CCC(CC)S(=O)C(C)CCN. The molecule has 0 radical (unpaired) electrons. The topological polar surface area (TPSA) is 43.1 Å². The third-order valence-electron chi connectivity index (χ3n) is 2.21. The zero-order valence-corrected chi connectivity index (χ0v) is 9.19. The predicted molar refractivity (Wildman–Crippen MR) is 55.6 cm³/mol. The minimum Gasteiger partial charge on any atom is -0.330 e. The van der Waals surface area contributed by atoms with Gasteiger partial charge in [-0.25, -0.2) is 0 Å². The Morgan fingerprint density at radius 3 is 2.17 bits per heavy atom. The highest BCUT2D eigenvalue weighted by Crippen LogP contribution is 2.13. The van der Waals surface area contributed by atoms with E-state index in [0.717, 1.165) is 19.3 Å². The molecule has 0 aromatic carbocycles. The third-order valence-corrected chi connectivity index (χ3v) is 4.56. The number of nitrogens with two attached hydrogens (primary N) is 1. The molecule has 12 heavy (non-hydrogen) atoms. The minimum atomic E-state index is -0.682. The van der Waals surface area contributed by atoms with Gasteiger partial charge in [0.25, 0.3) is 0 Å². The molecule has 0 heterocycles. The Morgan fingerprint density at radius 2 is 1.83 bits per heavy atom. The molecule has 0 fully saturated rings. The van der Waals surface area contributed by atoms with Crippen LogP contribution in [0.5, 0.6) is 0 Å². The van der Waals surface area contributed by atoms with Crippen LogP contribution in [0.3, 0.4) is 0 Å². The molecular formula is C9H21NOS. The number of hydrogen-bond acceptors (Lipinski definition) is 2. The van der Waals surface area contributed by atoms with Crippen molar-refractivity contribution in [3.8, 4) is 0 Å². The highest BCUT2D eigenvalue weighted by molar-refractivity contribution is 7.86. The maximum atomic E-state index is 11.8. The average molecular weight is 191 g/mol. The van der Waals surface area contributed by atoms with Gasteiger partial charge < -0.3 is 5.73 Å². The maximum Gasteiger partial charge on any atom is 0.0345 e. The molecule has 0 aliphatic carbocycles. The van der Waals surface area contributed by atoms with Gasteiger partial charge in [-0.3, -0.25) is 4.21 Å². The van der Waals surface area contributed by atoms with Gasteiger partial charge in [-0.1, -0.05) is 20.8 Å². The fourth-order valence-electron chi connectivity index (χ4n) is 1.30. The molecule has 2 unspecified atom stereocenters. The van der Waals surface area contributed by atoms with Crippen molar-refractivity contribution in [2.45, 2.75) is 50.5 Å². The fourth-order valence-corrected chi connectivity index (χ4v) is 2.98. The molecule has 2 N–H and O–H groups in total. The lowest BCUT2D eigenvalue weighted by molar-refractivity contribution is 0.640. The zero-order chi connectivity index (χ0) is 9.56. The van der Waals surface area contributed by atoms with E-state index < -0.39 is 10.8 Å². The first-order valence-electron chi connectivity index (χ1n) is 4.76. The fraction of sp³-hybridized carbons (Fsp3) is 1.00. The van der Waals surface area contributed by atoms with E-state index in [1.54, 1.807) is 0 Å². The molecule has 0 aliphatic heterocycles. The molecule has 0 amide bonds. The number of rotatable bonds is 6. The van der Waals surface area contributed by atoms with Crippen molar-refractivity contribution in [2.24, 2.45) is 5.73 Å². The van der Waals surface area contributed by atoms with Crippen LogP contribution in [0, 0.1) is 0 Å². The van der Waals surface area contributed by atoms with Crippen LogP contribution in [-0.2, 0) is 10.8 Å². The van der Waals surface area contributed by atoms with E-state index in [1.807, 2.05) is 6.92 Å². The molecule has 0 saturated heterocycles. The number of hydrogen-bond donors (Lipinski definition) is 1. The van der Waals surface area contributed by atoms with Crippen molar-refractivity contribution in [2.75, 3.05) is 6.54 Å². The Morgan fingerprint density at radius 1 is 1.33 bits per heavy atom. The summed E-state index contributed by atoms with van der Waals surface area (Å²) in [4.78, 5) is 0. The van der Waals surface area contributed by atoms with Crippen LogP contribution < -0.4 is 5.73 Å². The molecule has 0 spiro atoms. The molecule has 74 valence electrons. The van der Waals surface area contributed by atoms with E-state index in [-0.39, 0.29) is 5.25 Å². The van der Waals surface area contributed by atoms with Crippen LogP contribution in [-0.4, -0.2) is 21.3 Å². The van der Waals surface area contributed by atoms with Crippen LogP contribution >= 0.6 is 0 Å². The summed E-state index contributed by atoms with van der Waals surface area (Å²) in [5.74, 6) is 0. The Kier molecular flexibility index (Phi) is 6.67. The quantitative estimate of drug-likeness (QED) is 0.694. The second kappa shape index (κ2) is 6.61. The highest BCUT2D eigenvalue weighted by Gasteiger charge is 2.17. The van der Waals surface area contributed by atoms with Crippen molar-refractivity contribution in [1.29, 1.82) is 0 Å². The van der Waals surface area contributed by atoms with Crippen LogP contribution in [0.2, 0.25) is 0 Å². The molecule has 0 rings (SSSR count). The monoisotopic (exact) mass is 191 g/mol. The van der Waals surface area contributed by atoms with Crippen LogP contribution in [0.1, 0.15) is 40.0 Å². The Hall–Kier alpha value is 0.110. The van der Waals surface area contributed by atoms with E-state index in [9.17, 15) is 4.21 Å². The lowest BCUT2D eigenvalue weighted by atomic mass is 10.3. The van der Waals surface area contributed by atoms with Crippen molar-refractivity contribution >= 4 is 10.8 Å². The average Bonchev–Trinajstić information content (AvgIpc) is 2.07. The molecule has 0 saturated carbocycles. The molecule has 2 atom stereocenters. The Balaban J connectivity index is 3.97. The molecule has 0 aliphatic rings. The second-order valence-electron chi connectivity index (χ2n) is 3.16. The summed E-state index contributed by atoms with van der Waals surface area (Å²) in [7, 11) is -0.682. The molecule has 0 aromatic rings. The van der Waals surface area contributed by atoms with Crippen molar-refractivity contribution in [3.63, 3.8) is 0 Å². The van der Waals surface area contributed by atoms with E-state index >= 15 is 0 Å². The summed E-state index contributed by atoms with van der Waals surface area (Å²) in [6.45, 7) is 6.87. The Labute approximate surface area is 78.4 Å². The van der Waals surface area contributed by atoms with Gasteiger partial charge >= 0.3 is 0 Å². The maximum absolute atomic E-state index is 11.8. The van der Waals surface area contributed by atoms with Crippen molar-refractivity contribution in [3.05, 3.63) is 0 Å². The third kappa shape index (κ3) is 3.68. The summed E-state index contributed by atoms with van der Waals surface area (Å²) in [6, 6.07) is 0. The molecular weight excluding hydrogens is 170 g/mol. The van der Waals surface area contributed by atoms with Crippen LogP contribution in [0.25, 0.3) is 0 Å². The lowest BCUT2D eigenvalue weighted by Crippen LogP contribution is -2.25. The molecule has 0 aromatic heterocycles. The molecule has 2 nitrogen and oxygen atoms in total. The van der Waals surface area contributed by atoms with Gasteiger partial charge in [0.1, 0.15) is 0 Å². The summed E-state index contributed by atoms with van der Waals surface area (Å²) < 4.78 is 11.8. The van der Waals surface area contributed by atoms with E-state index in [4.69, 9.17) is 5.73 Å². The first-order valence-corrected chi connectivity index (χ1v) is 6.04. The summed E-state index contributed by atoms with van der Waals surface area (Å²) in [6.07, 6.45) is 2.90. The largest absolute Gasteiger partial charge is 0.330 e. The van der Waals surface area contributed by atoms with Crippen molar-refractivity contribution in [1.82, 2.24) is 0 Å². The lowest BCUT2D eigenvalue weighted by Gasteiger charge is -2.17. The van der Waals surface area contributed by atoms with Gasteiger partial charge in [0.05, 0.1) is 0 Å². The van der Waals surface area contributed by atoms with Gasteiger partial charge in [0, 0.05) is 21.3 Å². The van der Waals surface area contributed by atoms with E-state index in [1.165, 1.54) is 0 Å². The zero-order valence-electron chi connectivity index (χ0n) is 8.38. The van der Waals surface area contributed by atoms with Gasteiger partial charge in [-0.2, -0.15) is 0 Å².